The molecule has 2 N–H and O–H groups in total. The van der Waals surface area contributed by atoms with Gasteiger partial charge in [0.1, 0.15) is 11.6 Å². The van der Waals surface area contributed by atoms with Crippen molar-refractivity contribution in [3.8, 4) is 5.75 Å². The number of nitrogens with one attached hydrogen (secondary N) is 2. The summed E-state index contributed by atoms with van der Waals surface area (Å²) in [5.41, 5.74) is 0.403. The molecule has 2 rings (SSSR count). The predicted octanol–water partition coefficient (Wildman–Crippen LogP) is 3.64. The number of hydrogen-bond donors (Lipinski definition) is 2. The molecular formula is C14H16F2N4O. The van der Waals surface area contributed by atoms with Crippen LogP contribution < -0.4 is 15.4 Å². The minimum absolute atomic E-state index is 0.0567. The van der Waals surface area contributed by atoms with Crippen molar-refractivity contribution < 1.29 is 13.5 Å². The maximum Gasteiger partial charge on any atom is 0.387 e. The summed E-state index contributed by atoms with van der Waals surface area (Å²) in [4.78, 5) is 8.35. The highest BCUT2D eigenvalue weighted by molar-refractivity contribution is 5.64. The minimum atomic E-state index is -2.88. The van der Waals surface area contributed by atoms with Crippen molar-refractivity contribution in [1.29, 1.82) is 0 Å². The lowest BCUT2D eigenvalue weighted by Crippen LogP contribution is -2.06. The molecule has 2 aromatic rings. The number of anilines is 3. The van der Waals surface area contributed by atoms with Gasteiger partial charge in [-0.1, -0.05) is 19.1 Å². The number of ether oxygens (including phenoxy) is 1. The third-order valence-corrected chi connectivity index (χ3v) is 2.56. The van der Waals surface area contributed by atoms with Gasteiger partial charge in [-0.05, 0) is 18.6 Å². The van der Waals surface area contributed by atoms with Crippen LogP contribution in [0.3, 0.4) is 0 Å². The largest absolute Gasteiger partial charge is 0.433 e. The highest BCUT2D eigenvalue weighted by Gasteiger charge is 2.09. The first-order chi connectivity index (χ1) is 10.2. The van der Waals surface area contributed by atoms with E-state index in [4.69, 9.17) is 0 Å². The molecule has 0 unspecified atom stereocenters. The van der Waals surface area contributed by atoms with Crippen molar-refractivity contribution in [1.82, 2.24) is 9.97 Å². The molecule has 0 saturated heterocycles. The fourth-order valence-corrected chi connectivity index (χ4v) is 1.67. The fraction of sp³-hybridized carbons (Fsp3) is 0.286. The monoisotopic (exact) mass is 294 g/mol. The Bertz CT molecular complexity index is 580. The van der Waals surface area contributed by atoms with Crippen molar-refractivity contribution in [2.75, 3.05) is 17.2 Å². The molecule has 0 aliphatic rings. The number of aromatic nitrogens is 2. The Labute approximate surface area is 121 Å². The summed E-state index contributed by atoms with van der Waals surface area (Å²) in [5, 5.41) is 6.03. The quantitative estimate of drug-likeness (QED) is 0.816. The topological polar surface area (TPSA) is 59.1 Å². The number of hydrogen-bond acceptors (Lipinski definition) is 5. The van der Waals surface area contributed by atoms with E-state index in [9.17, 15) is 8.78 Å². The minimum Gasteiger partial charge on any atom is -0.433 e. The Morgan fingerprint density at radius 2 is 1.95 bits per heavy atom. The van der Waals surface area contributed by atoms with Crippen LogP contribution in [-0.4, -0.2) is 23.1 Å². The molecule has 112 valence electrons. The van der Waals surface area contributed by atoms with Gasteiger partial charge in [-0.15, -0.1) is 0 Å². The molecule has 0 spiro atoms. The van der Waals surface area contributed by atoms with Gasteiger partial charge >= 0.3 is 6.61 Å². The Kier molecular flexibility index (Phi) is 5.25. The smallest absolute Gasteiger partial charge is 0.387 e. The third-order valence-electron chi connectivity index (χ3n) is 2.56. The second-order valence-corrected chi connectivity index (χ2v) is 4.22. The van der Waals surface area contributed by atoms with E-state index >= 15 is 0 Å². The lowest BCUT2D eigenvalue weighted by molar-refractivity contribution is -0.0493. The molecular weight excluding hydrogens is 278 g/mol. The van der Waals surface area contributed by atoms with E-state index in [-0.39, 0.29) is 5.75 Å². The van der Waals surface area contributed by atoms with Crippen molar-refractivity contribution >= 4 is 17.3 Å². The molecule has 0 saturated carbocycles. The highest BCUT2D eigenvalue weighted by Crippen LogP contribution is 2.28. The molecule has 0 aliphatic heterocycles. The number of para-hydroxylation sites is 2. The Balaban J connectivity index is 2.14. The first-order valence-corrected chi connectivity index (χ1v) is 6.56. The van der Waals surface area contributed by atoms with Crippen LogP contribution >= 0.6 is 0 Å². The zero-order valence-electron chi connectivity index (χ0n) is 11.5. The number of rotatable bonds is 7. The summed E-state index contributed by atoms with van der Waals surface area (Å²) < 4.78 is 29.2. The van der Waals surface area contributed by atoms with E-state index < -0.39 is 6.61 Å². The zero-order valence-corrected chi connectivity index (χ0v) is 11.5. The molecule has 1 heterocycles. The molecule has 1 aromatic carbocycles. The van der Waals surface area contributed by atoms with Crippen LogP contribution in [0.4, 0.5) is 26.1 Å². The standard InChI is InChI=1S/C14H16F2N4O/c1-2-7-18-12-8-17-9-13(20-12)19-10-5-3-4-6-11(10)21-14(15)16/h3-6,8-9,14H,2,7H2,1H3,(H2,18,19,20). The van der Waals surface area contributed by atoms with Gasteiger partial charge in [-0.3, -0.25) is 4.98 Å². The van der Waals surface area contributed by atoms with Gasteiger partial charge in [0.2, 0.25) is 0 Å². The van der Waals surface area contributed by atoms with E-state index in [1.807, 2.05) is 6.92 Å². The van der Waals surface area contributed by atoms with Gasteiger partial charge in [0.15, 0.2) is 5.82 Å². The summed E-state index contributed by atoms with van der Waals surface area (Å²) in [6.07, 6.45) is 4.07. The van der Waals surface area contributed by atoms with E-state index in [0.717, 1.165) is 13.0 Å². The first kappa shape index (κ1) is 15.0. The maximum atomic E-state index is 12.4. The Hall–Kier alpha value is -2.44. The van der Waals surface area contributed by atoms with Crippen LogP contribution in [0.15, 0.2) is 36.7 Å². The predicted molar refractivity (Wildman–Crippen MR) is 77.2 cm³/mol. The Morgan fingerprint density at radius 1 is 1.19 bits per heavy atom. The van der Waals surface area contributed by atoms with Crippen LogP contribution in [0.1, 0.15) is 13.3 Å². The third kappa shape index (κ3) is 4.55. The van der Waals surface area contributed by atoms with Gasteiger partial charge in [-0.2, -0.15) is 8.78 Å². The van der Waals surface area contributed by atoms with Gasteiger partial charge in [0, 0.05) is 6.54 Å². The SMILES string of the molecule is CCCNc1cncc(Nc2ccccc2OC(F)F)n1. The molecule has 0 aliphatic carbocycles. The summed E-state index contributed by atoms with van der Waals surface area (Å²) >= 11 is 0. The van der Waals surface area contributed by atoms with Gasteiger partial charge in [-0.25, -0.2) is 4.98 Å². The second-order valence-electron chi connectivity index (χ2n) is 4.22. The molecule has 1 aromatic heterocycles. The number of benzene rings is 1. The lowest BCUT2D eigenvalue weighted by atomic mass is 10.3. The first-order valence-electron chi connectivity index (χ1n) is 6.56. The normalized spacial score (nSPS) is 10.5. The van der Waals surface area contributed by atoms with E-state index in [1.54, 1.807) is 24.4 Å². The van der Waals surface area contributed by atoms with Gasteiger partial charge < -0.3 is 15.4 Å². The van der Waals surface area contributed by atoms with Crippen molar-refractivity contribution in [2.24, 2.45) is 0 Å². The molecule has 7 heteroatoms. The van der Waals surface area contributed by atoms with Crippen LogP contribution in [-0.2, 0) is 0 Å². The number of nitrogens with zero attached hydrogens (tertiary/aromatic N) is 2. The van der Waals surface area contributed by atoms with Crippen LogP contribution in [0.5, 0.6) is 5.75 Å². The molecule has 0 amide bonds. The average Bonchev–Trinajstić information content (AvgIpc) is 2.47. The van der Waals surface area contributed by atoms with Crippen molar-refractivity contribution in [2.45, 2.75) is 20.0 Å². The molecule has 21 heavy (non-hydrogen) atoms. The van der Waals surface area contributed by atoms with Crippen LogP contribution in [0.2, 0.25) is 0 Å². The zero-order chi connectivity index (χ0) is 15.1. The van der Waals surface area contributed by atoms with Gasteiger partial charge in [0.05, 0.1) is 18.1 Å². The van der Waals surface area contributed by atoms with Crippen LogP contribution in [0.25, 0.3) is 0 Å². The lowest BCUT2D eigenvalue weighted by Gasteiger charge is -2.12. The number of alkyl halides is 2. The second kappa shape index (κ2) is 7.37. The van der Waals surface area contributed by atoms with E-state index in [1.165, 1.54) is 12.3 Å². The molecule has 0 bridgehead atoms. The van der Waals surface area contributed by atoms with E-state index in [0.29, 0.717) is 17.3 Å². The van der Waals surface area contributed by atoms with E-state index in [2.05, 4.69) is 25.3 Å². The molecule has 0 fully saturated rings. The molecule has 0 atom stereocenters. The van der Waals surface area contributed by atoms with Crippen LogP contribution in [0, 0.1) is 0 Å². The Morgan fingerprint density at radius 3 is 2.71 bits per heavy atom. The maximum absolute atomic E-state index is 12.4. The average molecular weight is 294 g/mol. The van der Waals surface area contributed by atoms with Crippen molar-refractivity contribution in [3.05, 3.63) is 36.7 Å². The summed E-state index contributed by atoms with van der Waals surface area (Å²) in [5.74, 6) is 1.12. The summed E-state index contributed by atoms with van der Waals surface area (Å²) in [6, 6.07) is 6.42. The summed E-state index contributed by atoms with van der Waals surface area (Å²) in [7, 11) is 0. The van der Waals surface area contributed by atoms with Gasteiger partial charge in [0.25, 0.3) is 0 Å². The molecule has 0 radical (unpaired) electrons. The fourth-order valence-electron chi connectivity index (χ4n) is 1.67. The van der Waals surface area contributed by atoms with Crippen molar-refractivity contribution in [3.63, 3.8) is 0 Å². The number of halogens is 2. The highest BCUT2D eigenvalue weighted by atomic mass is 19.3. The summed E-state index contributed by atoms with van der Waals surface area (Å²) in [6.45, 7) is -0.0551. The molecule has 5 nitrogen and oxygen atoms in total.